The second-order valence-corrected chi connectivity index (χ2v) is 8.71. The van der Waals surface area contributed by atoms with Gasteiger partial charge in [-0.25, -0.2) is 13.1 Å². The first-order valence-corrected chi connectivity index (χ1v) is 10.6. The minimum atomic E-state index is -3.76. The Morgan fingerprint density at radius 2 is 1.79 bits per heavy atom. The summed E-state index contributed by atoms with van der Waals surface area (Å²) < 4.78 is 35.1. The lowest BCUT2D eigenvalue weighted by atomic mass is 10.1. The average Bonchev–Trinajstić information content (AvgIpc) is 3.10. The molecule has 0 spiro atoms. The highest BCUT2D eigenvalue weighted by Gasteiger charge is 2.23. The number of methoxy groups -OCH3 is 1. The van der Waals surface area contributed by atoms with Crippen LogP contribution in [0.3, 0.4) is 0 Å². The standard InChI is InChI=1S/C20H21N5O3S/c1-12(2)24-29(26,27)18-11-14(9-10-17(18)28-4)19-21-22-20-16-8-6-5-7-15(16)13(3)23-25(19)20/h5-12,24H,1-4H3. The number of sulfonamides is 1. The number of hydrogen-bond donors (Lipinski definition) is 1. The van der Waals surface area contributed by atoms with Crippen LogP contribution in [0.2, 0.25) is 0 Å². The molecule has 2 aromatic carbocycles. The monoisotopic (exact) mass is 411 g/mol. The molecule has 0 aliphatic heterocycles. The highest BCUT2D eigenvalue weighted by molar-refractivity contribution is 7.89. The molecule has 4 rings (SSSR count). The number of ether oxygens (including phenoxy) is 1. The van der Waals surface area contributed by atoms with Crippen LogP contribution in [0.1, 0.15) is 19.5 Å². The number of fused-ring (bicyclic) bond motifs is 3. The molecule has 8 nitrogen and oxygen atoms in total. The molecule has 4 aromatic rings. The van der Waals surface area contributed by atoms with Crippen molar-refractivity contribution in [1.82, 2.24) is 24.5 Å². The summed E-state index contributed by atoms with van der Waals surface area (Å²) in [7, 11) is -2.33. The predicted molar refractivity (Wildman–Crippen MR) is 110 cm³/mol. The summed E-state index contributed by atoms with van der Waals surface area (Å²) in [4.78, 5) is 0.0421. The largest absolute Gasteiger partial charge is 0.495 e. The fraction of sp³-hybridized carbons (Fsp3) is 0.250. The summed E-state index contributed by atoms with van der Waals surface area (Å²) in [5.41, 5.74) is 2.02. The number of rotatable bonds is 5. The summed E-state index contributed by atoms with van der Waals surface area (Å²) in [6, 6.07) is 12.5. The van der Waals surface area contributed by atoms with E-state index in [9.17, 15) is 8.42 Å². The van der Waals surface area contributed by atoms with Crippen LogP contribution in [0.15, 0.2) is 47.4 Å². The lowest BCUT2D eigenvalue weighted by molar-refractivity contribution is 0.402. The van der Waals surface area contributed by atoms with Gasteiger partial charge in [0.15, 0.2) is 11.5 Å². The van der Waals surface area contributed by atoms with E-state index in [1.165, 1.54) is 13.2 Å². The number of hydrogen-bond acceptors (Lipinski definition) is 6. The summed E-state index contributed by atoms with van der Waals surface area (Å²) in [5.74, 6) is 0.711. The summed E-state index contributed by atoms with van der Waals surface area (Å²) in [6.07, 6.45) is 0. The molecule has 150 valence electrons. The molecule has 0 saturated heterocycles. The first-order valence-electron chi connectivity index (χ1n) is 9.13. The number of aryl methyl sites for hydroxylation is 1. The second-order valence-electron chi connectivity index (χ2n) is 7.03. The van der Waals surface area contributed by atoms with Gasteiger partial charge in [-0.1, -0.05) is 24.3 Å². The van der Waals surface area contributed by atoms with Gasteiger partial charge in [0, 0.05) is 22.4 Å². The fourth-order valence-corrected chi connectivity index (χ4v) is 4.77. The smallest absolute Gasteiger partial charge is 0.244 e. The number of benzene rings is 2. The topological polar surface area (TPSA) is 98.5 Å². The molecular formula is C20H21N5O3S. The lowest BCUT2D eigenvalue weighted by Crippen LogP contribution is -2.30. The third-order valence-corrected chi connectivity index (χ3v) is 6.23. The lowest BCUT2D eigenvalue weighted by Gasteiger charge is -2.14. The summed E-state index contributed by atoms with van der Waals surface area (Å²) in [6.45, 7) is 5.44. The molecule has 0 atom stereocenters. The molecule has 1 N–H and O–H groups in total. The minimum Gasteiger partial charge on any atom is -0.495 e. The predicted octanol–water partition coefficient (Wildman–Crippen LogP) is 2.95. The van der Waals surface area contributed by atoms with Crippen molar-refractivity contribution < 1.29 is 13.2 Å². The van der Waals surface area contributed by atoms with Gasteiger partial charge in [-0.3, -0.25) is 0 Å². The van der Waals surface area contributed by atoms with Crippen molar-refractivity contribution >= 4 is 26.4 Å². The van der Waals surface area contributed by atoms with E-state index in [0.717, 1.165) is 16.5 Å². The summed E-state index contributed by atoms with van der Waals surface area (Å²) in [5, 5.41) is 15.1. The van der Waals surface area contributed by atoms with Gasteiger partial charge in [0.25, 0.3) is 0 Å². The maximum Gasteiger partial charge on any atom is 0.244 e. The molecule has 2 aromatic heterocycles. The van der Waals surface area contributed by atoms with Crippen LogP contribution < -0.4 is 9.46 Å². The molecule has 0 amide bonds. The Morgan fingerprint density at radius 1 is 1.07 bits per heavy atom. The first kappa shape index (κ1) is 19.3. The van der Waals surface area contributed by atoms with Gasteiger partial charge in [0.05, 0.1) is 12.8 Å². The van der Waals surface area contributed by atoms with Gasteiger partial charge < -0.3 is 4.74 Å². The van der Waals surface area contributed by atoms with E-state index in [0.29, 0.717) is 17.0 Å². The summed E-state index contributed by atoms with van der Waals surface area (Å²) >= 11 is 0. The maximum absolute atomic E-state index is 12.8. The SMILES string of the molecule is COc1ccc(-c2nnc3c4ccccc4c(C)nn23)cc1S(=O)(=O)NC(C)C. The Balaban J connectivity index is 1.94. The van der Waals surface area contributed by atoms with Gasteiger partial charge >= 0.3 is 0 Å². The Hall–Kier alpha value is -3.04. The molecule has 0 fully saturated rings. The normalized spacial score (nSPS) is 12.2. The van der Waals surface area contributed by atoms with Crippen molar-refractivity contribution in [2.24, 2.45) is 0 Å². The molecule has 9 heteroatoms. The van der Waals surface area contributed by atoms with Crippen LogP contribution in [0.4, 0.5) is 0 Å². The molecule has 29 heavy (non-hydrogen) atoms. The number of aromatic nitrogens is 4. The van der Waals surface area contributed by atoms with E-state index in [1.54, 1.807) is 30.5 Å². The van der Waals surface area contributed by atoms with Crippen molar-refractivity contribution in [3.8, 4) is 17.1 Å². The van der Waals surface area contributed by atoms with Gasteiger partial charge in [-0.15, -0.1) is 10.2 Å². The highest BCUT2D eigenvalue weighted by atomic mass is 32.2. The molecule has 0 bridgehead atoms. The minimum absolute atomic E-state index is 0.0421. The van der Waals surface area contributed by atoms with Gasteiger partial charge in [-0.2, -0.15) is 9.61 Å². The average molecular weight is 411 g/mol. The van der Waals surface area contributed by atoms with E-state index in [4.69, 9.17) is 4.74 Å². The van der Waals surface area contributed by atoms with Crippen molar-refractivity contribution in [3.63, 3.8) is 0 Å². The van der Waals surface area contributed by atoms with Crippen LogP contribution in [0.5, 0.6) is 5.75 Å². The van der Waals surface area contributed by atoms with Crippen LogP contribution in [-0.2, 0) is 10.0 Å². The highest BCUT2D eigenvalue weighted by Crippen LogP contribution is 2.30. The number of nitrogens with zero attached hydrogens (tertiary/aromatic N) is 4. The zero-order chi connectivity index (χ0) is 20.8. The molecule has 2 heterocycles. The molecular weight excluding hydrogens is 390 g/mol. The van der Waals surface area contributed by atoms with Crippen molar-refractivity contribution in [3.05, 3.63) is 48.2 Å². The fourth-order valence-electron chi connectivity index (χ4n) is 3.32. The second kappa shape index (κ2) is 7.09. The third kappa shape index (κ3) is 3.32. The molecule has 0 aliphatic carbocycles. The van der Waals surface area contributed by atoms with Gasteiger partial charge in [0.1, 0.15) is 10.6 Å². The molecule has 0 aliphatic rings. The van der Waals surface area contributed by atoms with Crippen LogP contribution in [-0.4, -0.2) is 41.4 Å². The molecule has 0 saturated carbocycles. The Kier molecular flexibility index (Phi) is 4.71. The van der Waals surface area contributed by atoms with E-state index < -0.39 is 10.0 Å². The first-order chi connectivity index (χ1) is 13.8. The van der Waals surface area contributed by atoms with Gasteiger partial charge in [-0.05, 0) is 39.0 Å². The van der Waals surface area contributed by atoms with Crippen LogP contribution in [0, 0.1) is 6.92 Å². The van der Waals surface area contributed by atoms with Crippen molar-refractivity contribution in [1.29, 1.82) is 0 Å². The quantitative estimate of drug-likeness (QED) is 0.542. The van der Waals surface area contributed by atoms with E-state index >= 15 is 0 Å². The third-order valence-electron chi connectivity index (χ3n) is 4.55. The Bertz CT molecular complexity index is 1330. The van der Waals surface area contributed by atoms with E-state index in [1.807, 2.05) is 31.2 Å². The zero-order valence-corrected chi connectivity index (χ0v) is 17.4. The molecule has 0 radical (unpaired) electrons. The van der Waals surface area contributed by atoms with Gasteiger partial charge in [0.2, 0.25) is 10.0 Å². The van der Waals surface area contributed by atoms with E-state index in [2.05, 4.69) is 20.0 Å². The van der Waals surface area contributed by atoms with Crippen molar-refractivity contribution in [2.75, 3.05) is 7.11 Å². The maximum atomic E-state index is 12.8. The Labute approximate surface area is 168 Å². The molecule has 0 unspecified atom stereocenters. The van der Waals surface area contributed by atoms with Crippen LogP contribution >= 0.6 is 0 Å². The Morgan fingerprint density at radius 3 is 2.48 bits per heavy atom. The number of nitrogens with one attached hydrogen (secondary N) is 1. The van der Waals surface area contributed by atoms with Crippen molar-refractivity contribution in [2.45, 2.75) is 31.7 Å². The zero-order valence-electron chi connectivity index (χ0n) is 16.5. The van der Waals surface area contributed by atoms with E-state index in [-0.39, 0.29) is 16.7 Å². The van der Waals surface area contributed by atoms with Crippen LogP contribution in [0.25, 0.3) is 27.8 Å².